The van der Waals surface area contributed by atoms with Crippen LogP contribution in [0.2, 0.25) is 0 Å². The number of esters is 1. The van der Waals surface area contributed by atoms with Gasteiger partial charge in [-0.2, -0.15) is 0 Å². The van der Waals surface area contributed by atoms with Gasteiger partial charge in [-0.25, -0.2) is 0 Å². The van der Waals surface area contributed by atoms with Gasteiger partial charge >= 0.3 is 5.97 Å². The summed E-state index contributed by atoms with van der Waals surface area (Å²) in [6.45, 7) is 3.85. The third-order valence-corrected chi connectivity index (χ3v) is 5.38. The standard InChI is InChI=1S/C23H22N2O4/c1-23(2)17-9-5-6-10-19(17)25(3)21(23)12-15(26)14-28-22(27)13-18-16-8-4-7-11-20(16)29-24-18/h4-12H,13-14H2,1-3H3/b21-12-. The summed E-state index contributed by atoms with van der Waals surface area (Å²) in [6.07, 6.45) is 1.52. The number of rotatable bonds is 5. The molecule has 0 amide bonds. The van der Waals surface area contributed by atoms with Crippen LogP contribution in [0.4, 0.5) is 5.69 Å². The average Bonchev–Trinajstić information content (AvgIpc) is 3.20. The van der Waals surface area contributed by atoms with E-state index < -0.39 is 5.97 Å². The summed E-state index contributed by atoms with van der Waals surface area (Å²) < 4.78 is 10.4. The predicted molar refractivity (Wildman–Crippen MR) is 110 cm³/mol. The molecule has 0 saturated carbocycles. The monoisotopic (exact) mass is 390 g/mol. The Balaban J connectivity index is 1.42. The van der Waals surface area contributed by atoms with Gasteiger partial charge in [0.15, 0.2) is 18.0 Å². The number of anilines is 1. The lowest BCUT2D eigenvalue weighted by molar-refractivity contribution is -0.146. The van der Waals surface area contributed by atoms with Gasteiger partial charge in [0.1, 0.15) is 5.69 Å². The minimum Gasteiger partial charge on any atom is -0.457 e. The van der Waals surface area contributed by atoms with E-state index in [-0.39, 0.29) is 24.2 Å². The number of aromatic nitrogens is 1. The van der Waals surface area contributed by atoms with E-state index in [4.69, 9.17) is 9.26 Å². The van der Waals surface area contributed by atoms with E-state index >= 15 is 0 Å². The molecule has 1 aliphatic rings. The molecule has 0 unspecified atom stereocenters. The smallest absolute Gasteiger partial charge is 0.312 e. The maximum absolute atomic E-state index is 12.5. The van der Waals surface area contributed by atoms with Gasteiger partial charge in [-0.15, -0.1) is 0 Å². The quantitative estimate of drug-likeness (QED) is 0.487. The molecule has 29 heavy (non-hydrogen) atoms. The van der Waals surface area contributed by atoms with Crippen LogP contribution in [-0.4, -0.2) is 30.6 Å². The molecular formula is C23H22N2O4. The Morgan fingerprint density at radius 2 is 1.86 bits per heavy atom. The van der Waals surface area contributed by atoms with Crippen molar-refractivity contribution in [2.24, 2.45) is 0 Å². The molecule has 0 atom stereocenters. The Morgan fingerprint density at radius 3 is 2.66 bits per heavy atom. The van der Waals surface area contributed by atoms with Crippen molar-refractivity contribution in [1.82, 2.24) is 5.16 Å². The van der Waals surface area contributed by atoms with Gasteiger partial charge in [0.05, 0.1) is 6.42 Å². The predicted octanol–water partition coefficient (Wildman–Crippen LogP) is 3.79. The molecule has 4 rings (SSSR count). The van der Waals surface area contributed by atoms with Crippen LogP contribution in [-0.2, 0) is 26.2 Å². The Kier molecular flexibility index (Phi) is 4.70. The van der Waals surface area contributed by atoms with E-state index in [9.17, 15) is 9.59 Å². The molecule has 148 valence electrons. The summed E-state index contributed by atoms with van der Waals surface area (Å²) in [7, 11) is 1.94. The van der Waals surface area contributed by atoms with Crippen LogP contribution in [0.3, 0.4) is 0 Å². The summed E-state index contributed by atoms with van der Waals surface area (Å²) in [5.74, 6) is -0.774. The topological polar surface area (TPSA) is 72.6 Å². The fraction of sp³-hybridized carbons (Fsp3) is 0.261. The number of hydrogen-bond acceptors (Lipinski definition) is 6. The second kappa shape index (κ2) is 7.20. The zero-order chi connectivity index (χ0) is 20.6. The molecule has 2 aromatic carbocycles. The molecule has 0 N–H and O–H groups in total. The minimum atomic E-state index is -0.516. The number of para-hydroxylation sites is 2. The molecule has 1 aromatic heterocycles. The van der Waals surface area contributed by atoms with Crippen LogP contribution in [0, 0.1) is 0 Å². The number of benzene rings is 2. The number of allylic oxidation sites excluding steroid dienone is 1. The Hall–Kier alpha value is -3.41. The van der Waals surface area contributed by atoms with Gasteiger partial charge < -0.3 is 14.2 Å². The van der Waals surface area contributed by atoms with Crippen LogP contribution < -0.4 is 4.90 Å². The molecule has 6 nitrogen and oxygen atoms in total. The Bertz CT molecular complexity index is 1130. The van der Waals surface area contributed by atoms with E-state index in [1.165, 1.54) is 0 Å². The molecule has 1 aliphatic heterocycles. The highest BCUT2D eigenvalue weighted by Crippen LogP contribution is 2.46. The maximum atomic E-state index is 12.5. The van der Waals surface area contributed by atoms with Gasteiger partial charge in [0.25, 0.3) is 0 Å². The first-order chi connectivity index (χ1) is 13.9. The van der Waals surface area contributed by atoms with Crippen molar-refractivity contribution >= 4 is 28.4 Å². The summed E-state index contributed by atoms with van der Waals surface area (Å²) >= 11 is 0. The highest BCUT2D eigenvalue weighted by Gasteiger charge is 2.38. The highest BCUT2D eigenvalue weighted by molar-refractivity contribution is 5.94. The van der Waals surface area contributed by atoms with Gasteiger partial charge in [-0.3, -0.25) is 9.59 Å². The van der Waals surface area contributed by atoms with Gasteiger partial charge in [0.2, 0.25) is 0 Å². The summed E-state index contributed by atoms with van der Waals surface area (Å²) in [6, 6.07) is 15.4. The van der Waals surface area contributed by atoms with E-state index in [1.807, 2.05) is 48.3 Å². The maximum Gasteiger partial charge on any atom is 0.312 e. The lowest BCUT2D eigenvalue weighted by atomic mass is 9.83. The number of ether oxygens (including phenoxy) is 1. The molecule has 6 heteroatoms. The Morgan fingerprint density at radius 1 is 1.14 bits per heavy atom. The molecule has 0 fully saturated rings. The number of hydrogen-bond donors (Lipinski definition) is 0. The first-order valence-electron chi connectivity index (χ1n) is 9.45. The SMILES string of the molecule is CN1/C(=C\C(=O)COC(=O)Cc2noc3ccccc23)C(C)(C)c2ccccc21. The van der Waals surface area contributed by atoms with Crippen molar-refractivity contribution in [3.8, 4) is 0 Å². The molecule has 0 aliphatic carbocycles. The number of ketones is 1. The minimum absolute atomic E-state index is 0.0439. The van der Waals surface area contributed by atoms with Crippen LogP contribution in [0.5, 0.6) is 0 Å². The second-order valence-electron chi connectivity index (χ2n) is 7.66. The molecule has 0 radical (unpaired) electrons. The first-order valence-corrected chi connectivity index (χ1v) is 9.45. The Labute approximate surface area is 168 Å². The van der Waals surface area contributed by atoms with Crippen LogP contribution in [0.1, 0.15) is 25.1 Å². The van der Waals surface area contributed by atoms with E-state index in [2.05, 4.69) is 25.1 Å². The van der Waals surface area contributed by atoms with Crippen molar-refractivity contribution in [3.05, 3.63) is 71.6 Å². The van der Waals surface area contributed by atoms with Crippen molar-refractivity contribution in [2.75, 3.05) is 18.6 Å². The van der Waals surface area contributed by atoms with Crippen molar-refractivity contribution in [2.45, 2.75) is 25.7 Å². The fourth-order valence-electron chi connectivity index (χ4n) is 3.86. The number of likely N-dealkylation sites (N-methyl/N-ethyl adjacent to an activating group) is 1. The number of nitrogens with zero attached hydrogens (tertiary/aromatic N) is 2. The van der Waals surface area contributed by atoms with Gasteiger partial charge in [0, 0.05) is 35.3 Å². The van der Waals surface area contributed by atoms with Crippen LogP contribution in [0.15, 0.2) is 64.8 Å². The molecule has 0 bridgehead atoms. The van der Waals surface area contributed by atoms with E-state index in [0.717, 1.165) is 22.3 Å². The van der Waals surface area contributed by atoms with E-state index in [0.29, 0.717) is 11.3 Å². The zero-order valence-corrected chi connectivity index (χ0v) is 16.6. The fourth-order valence-corrected chi connectivity index (χ4v) is 3.86. The van der Waals surface area contributed by atoms with Crippen molar-refractivity contribution in [1.29, 1.82) is 0 Å². The third kappa shape index (κ3) is 3.42. The summed E-state index contributed by atoms with van der Waals surface area (Å²) in [5.41, 5.74) is 3.93. The number of fused-ring (bicyclic) bond motifs is 2. The lowest BCUT2D eigenvalue weighted by Gasteiger charge is -2.23. The average molecular weight is 390 g/mol. The second-order valence-corrected chi connectivity index (χ2v) is 7.66. The van der Waals surface area contributed by atoms with Gasteiger partial charge in [-0.05, 0) is 23.8 Å². The number of carbonyl (C=O) groups is 2. The molecule has 0 saturated heterocycles. The summed E-state index contributed by atoms with van der Waals surface area (Å²) in [5, 5.41) is 4.69. The molecular weight excluding hydrogens is 368 g/mol. The largest absolute Gasteiger partial charge is 0.457 e. The molecule has 3 aromatic rings. The lowest BCUT2D eigenvalue weighted by Crippen LogP contribution is -2.25. The first kappa shape index (κ1) is 18.9. The van der Waals surface area contributed by atoms with Crippen LogP contribution >= 0.6 is 0 Å². The van der Waals surface area contributed by atoms with Gasteiger partial charge in [-0.1, -0.05) is 49.3 Å². The zero-order valence-electron chi connectivity index (χ0n) is 16.6. The normalized spacial score (nSPS) is 16.2. The van der Waals surface area contributed by atoms with Crippen LogP contribution in [0.25, 0.3) is 11.0 Å². The molecule has 2 heterocycles. The molecule has 0 spiro atoms. The third-order valence-electron chi connectivity index (χ3n) is 5.38. The van der Waals surface area contributed by atoms with E-state index in [1.54, 1.807) is 12.1 Å². The van der Waals surface area contributed by atoms with Crippen molar-refractivity contribution in [3.63, 3.8) is 0 Å². The number of carbonyl (C=O) groups excluding carboxylic acids is 2. The highest BCUT2D eigenvalue weighted by atomic mass is 16.5. The summed E-state index contributed by atoms with van der Waals surface area (Å²) in [4.78, 5) is 26.7. The van der Waals surface area contributed by atoms with Crippen molar-refractivity contribution < 1.29 is 18.8 Å².